The summed E-state index contributed by atoms with van der Waals surface area (Å²) >= 11 is 0. The Balaban J connectivity index is 2.56. The first-order valence-corrected chi connectivity index (χ1v) is 5.88. The van der Waals surface area contributed by atoms with Crippen molar-refractivity contribution in [3.05, 3.63) is 60.3 Å². The number of hydrogen-bond acceptors (Lipinski definition) is 5. The number of rotatable bonds is 1. The lowest BCUT2D eigenvalue weighted by atomic mass is 10.5. The topological polar surface area (TPSA) is 117 Å². The molecule has 0 unspecified atom stereocenters. The van der Waals surface area contributed by atoms with E-state index >= 15 is 0 Å². The summed E-state index contributed by atoms with van der Waals surface area (Å²) in [4.78, 5) is 54.6. The molecule has 0 fully saturated rings. The van der Waals surface area contributed by atoms with Gasteiger partial charge < -0.3 is 4.98 Å². The molecule has 0 aliphatic rings. The zero-order valence-corrected chi connectivity index (χ0v) is 11.1. The van der Waals surface area contributed by atoms with Crippen molar-refractivity contribution in [1.29, 1.82) is 0 Å². The van der Waals surface area contributed by atoms with Crippen LogP contribution in [-0.2, 0) is 14.1 Å². The molecule has 1 N–H and O–H groups in total. The third-order valence-corrected chi connectivity index (χ3v) is 3.20. The van der Waals surface area contributed by atoms with Gasteiger partial charge in [0, 0.05) is 26.4 Å². The van der Waals surface area contributed by atoms with Crippen LogP contribution in [0.1, 0.15) is 0 Å². The summed E-state index contributed by atoms with van der Waals surface area (Å²) in [5, 5.41) is 0. The van der Waals surface area contributed by atoms with Gasteiger partial charge in [0.1, 0.15) is 0 Å². The van der Waals surface area contributed by atoms with Crippen LogP contribution >= 0.6 is 0 Å². The van der Waals surface area contributed by atoms with Gasteiger partial charge in [-0.1, -0.05) is 0 Å². The Morgan fingerprint density at radius 2 is 1.76 bits per heavy atom. The lowest BCUT2D eigenvalue weighted by Crippen LogP contribution is -2.50. The summed E-state index contributed by atoms with van der Waals surface area (Å²) in [5.41, 5.74) is -2.56. The van der Waals surface area contributed by atoms with E-state index in [9.17, 15) is 19.2 Å². The fourth-order valence-corrected chi connectivity index (χ4v) is 2.02. The van der Waals surface area contributed by atoms with Gasteiger partial charge in [0.15, 0.2) is 11.2 Å². The third-order valence-electron chi connectivity index (χ3n) is 3.20. The van der Waals surface area contributed by atoms with Gasteiger partial charge in [0.25, 0.3) is 5.56 Å². The number of nitrogens with one attached hydrogen (secondary N) is 1. The lowest BCUT2D eigenvalue weighted by Gasteiger charge is -2.10. The van der Waals surface area contributed by atoms with E-state index in [1.54, 1.807) is 0 Å². The smallest absolute Gasteiger partial charge is 0.339 e. The van der Waals surface area contributed by atoms with E-state index in [4.69, 9.17) is 0 Å². The number of hydrogen-bond donors (Lipinski definition) is 1. The molecule has 0 saturated heterocycles. The van der Waals surface area contributed by atoms with Crippen molar-refractivity contribution in [2.24, 2.45) is 14.1 Å². The van der Waals surface area contributed by atoms with Gasteiger partial charge in [-0.2, -0.15) is 9.35 Å². The zero-order chi connectivity index (χ0) is 15.3. The Morgan fingerprint density at radius 1 is 1.05 bits per heavy atom. The summed E-state index contributed by atoms with van der Waals surface area (Å²) < 4.78 is 3.35. The molecule has 3 rings (SSSR count). The highest BCUT2D eigenvalue weighted by atomic mass is 16.2. The molecule has 3 heterocycles. The number of H-pyrrole nitrogens is 1. The third kappa shape index (κ3) is 1.62. The molecule has 0 saturated carbocycles. The van der Waals surface area contributed by atoms with Crippen LogP contribution < -0.4 is 22.5 Å². The summed E-state index contributed by atoms with van der Waals surface area (Å²) in [5.74, 6) is 0. The number of aryl methyl sites for hydroxylation is 1. The SMILES string of the molecule is Cn1c(=O)ccn(-n2c(=O)c3[nH]cnc3n(C)c2=O)c1=O. The Morgan fingerprint density at radius 3 is 2.48 bits per heavy atom. The molecule has 0 atom stereocenters. The Hall–Kier alpha value is -3.17. The number of aromatic amines is 1. The molecule has 0 amide bonds. The quantitative estimate of drug-likeness (QED) is 0.536. The van der Waals surface area contributed by atoms with Crippen LogP contribution in [0.3, 0.4) is 0 Å². The van der Waals surface area contributed by atoms with Gasteiger partial charge in [-0.05, 0) is 0 Å². The van der Waals surface area contributed by atoms with E-state index in [0.717, 1.165) is 26.1 Å². The molecule has 108 valence electrons. The summed E-state index contributed by atoms with van der Waals surface area (Å²) in [6, 6.07) is 1.09. The average Bonchev–Trinajstić information content (AvgIpc) is 2.95. The van der Waals surface area contributed by atoms with Crippen molar-refractivity contribution in [3.63, 3.8) is 0 Å². The maximum absolute atomic E-state index is 12.3. The minimum atomic E-state index is -0.805. The maximum atomic E-state index is 12.3. The molecule has 0 bridgehead atoms. The second kappa shape index (κ2) is 4.16. The first-order chi connectivity index (χ1) is 9.93. The highest BCUT2D eigenvalue weighted by molar-refractivity contribution is 5.68. The number of fused-ring (bicyclic) bond motifs is 1. The molecular formula is C11H10N6O4. The number of aromatic nitrogens is 6. The Bertz CT molecular complexity index is 1090. The number of imidazole rings is 1. The fourth-order valence-electron chi connectivity index (χ4n) is 2.02. The van der Waals surface area contributed by atoms with E-state index in [-0.39, 0.29) is 11.2 Å². The molecule has 21 heavy (non-hydrogen) atoms. The summed E-state index contributed by atoms with van der Waals surface area (Å²) in [7, 11) is 2.68. The second-order valence-electron chi connectivity index (χ2n) is 4.40. The van der Waals surface area contributed by atoms with Crippen molar-refractivity contribution >= 4 is 11.2 Å². The second-order valence-corrected chi connectivity index (χ2v) is 4.40. The predicted molar refractivity (Wildman–Crippen MR) is 72.3 cm³/mol. The maximum Gasteiger partial charge on any atom is 0.352 e. The largest absolute Gasteiger partial charge is 0.352 e. The predicted octanol–water partition coefficient (Wildman–Crippen LogP) is -2.40. The van der Waals surface area contributed by atoms with Crippen LogP contribution in [0, 0.1) is 0 Å². The minimum Gasteiger partial charge on any atom is -0.339 e. The summed E-state index contributed by atoms with van der Waals surface area (Å²) in [6.07, 6.45) is 2.36. The fraction of sp³-hybridized carbons (Fsp3) is 0.182. The van der Waals surface area contributed by atoms with Gasteiger partial charge in [-0.15, -0.1) is 0 Å². The van der Waals surface area contributed by atoms with Crippen molar-refractivity contribution in [1.82, 2.24) is 28.5 Å². The van der Waals surface area contributed by atoms with E-state index in [1.807, 2.05) is 0 Å². The molecule has 10 heteroatoms. The van der Waals surface area contributed by atoms with Crippen LogP contribution in [0.15, 0.2) is 37.8 Å². The molecule has 3 aromatic rings. The standard InChI is InChI=1S/C11H10N6O4/c1-14-6(18)3-4-16(10(14)20)17-9(19)7-8(13-5-12-7)15(2)11(17)21/h3-5H,1-2H3,(H,12,13). The minimum absolute atomic E-state index is 0.0813. The van der Waals surface area contributed by atoms with Crippen LogP contribution in [0.25, 0.3) is 11.2 Å². The van der Waals surface area contributed by atoms with Crippen LogP contribution in [0.2, 0.25) is 0 Å². The van der Waals surface area contributed by atoms with Gasteiger partial charge in [-0.25, -0.2) is 14.6 Å². The van der Waals surface area contributed by atoms with Crippen molar-refractivity contribution in [3.8, 4) is 0 Å². The molecule has 0 aliphatic carbocycles. The van der Waals surface area contributed by atoms with E-state index < -0.39 is 22.5 Å². The zero-order valence-electron chi connectivity index (χ0n) is 11.1. The first kappa shape index (κ1) is 12.8. The van der Waals surface area contributed by atoms with E-state index in [0.29, 0.717) is 4.68 Å². The molecule has 3 aromatic heterocycles. The Labute approximate surface area is 115 Å². The average molecular weight is 290 g/mol. The number of nitrogens with zero attached hydrogens (tertiary/aromatic N) is 5. The molecular weight excluding hydrogens is 280 g/mol. The highest BCUT2D eigenvalue weighted by Crippen LogP contribution is 1.98. The molecule has 0 aliphatic heterocycles. The van der Waals surface area contributed by atoms with Crippen molar-refractivity contribution < 1.29 is 0 Å². The van der Waals surface area contributed by atoms with Crippen LogP contribution in [-0.4, -0.2) is 28.5 Å². The Kier molecular flexibility index (Phi) is 2.55. The van der Waals surface area contributed by atoms with E-state index in [2.05, 4.69) is 9.97 Å². The van der Waals surface area contributed by atoms with Crippen molar-refractivity contribution in [2.75, 3.05) is 0 Å². The monoisotopic (exact) mass is 290 g/mol. The highest BCUT2D eigenvalue weighted by Gasteiger charge is 2.15. The first-order valence-electron chi connectivity index (χ1n) is 5.88. The molecule has 0 radical (unpaired) electrons. The van der Waals surface area contributed by atoms with Crippen LogP contribution in [0.5, 0.6) is 0 Å². The van der Waals surface area contributed by atoms with Gasteiger partial charge in [0.05, 0.1) is 6.33 Å². The van der Waals surface area contributed by atoms with Crippen LogP contribution in [0.4, 0.5) is 0 Å². The normalized spacial score (nSPS) is 11.1. The van der Waals surface area contributed by atoms with Gasteiger partial charge >= 0.3 is 16.9 Å². The van der Waals surface area contributed by atoms with Gasteiger partial charge in [-0.3, -0.25) is 18.7 Å². The van der Waals surface area contributed by atoms with Crippen molar-refractivity contribution in [2.45, 2.75) is 0 Å². The van der Waals surface area contributed by atoms with Gasteiger partial charge in [0.2, 0.25) is 0 Å². The van der Waals surface area contributed by atoms with E-state index in [1.165, 1.54) is 20.4 Å². The molecule has 0 spiro atoms. The molecule has 0 aromatic carbocycles. The lowest BCUT2D eigenvalue weighted by molar-refractivity contribution is 0.511. The molecule has 10 nitrogen and oxygen atoms in total. The summed E-state index contributed by atoms with van der Waals surface area (Å²) in [6.45, 7) is 0.